The molecule has 0 saturated carbocycles. The van der Waals surface area contributed by atoms with Gasteiger partial charge in [0, 0.05) is 0 Å². The fraction of sp³-hybridized carbons (Fsp3) is 1.00. The van der Waals surface area contributed by atoms with Crippen LogP contribution in [-0.2, 0) is 40.1 Å². The Morgan fingerprint density at radius 2 is 0.291 bits per heavy atom. The number of alkyl halides is 28. The largest absolute Gasteiger partial charge is 2.00 e. The Kier molecular flexibility index (Phi) is 15.7. The van der Waals surface area contributed by atoms with E-state index < -0.39 is 110 Å². The molecule has 0 unspecified atom stereocenters. The van der Waals surface area contributed by atoms with Crippen LogP contribution >= 0.6 is 0 Å². The van der Waals surface area contributed by atoms with Gasteiger partial charge in [-0.25, -0.2) is 51.2 Å². The Morgan fingerprint density at radius 1 is 0.218 bits per heavy atom. The van der Waals surface area contributed by atoms with Crippen molar-refractivity contribution in [1.29, 1.82) is 0 Å². The van der Waals surface area contributed by atoms with Crippen LogP contribution in [0, 0.1) is 0 Å². The molecule has 0 aromatic heterocycles. The SMILES string of the molecule is O=S(=O)([N-]S(=O)(=O)C(F)(C(F)(F)F)C(F)(F)F)C(F)(C(F)(F)F)C(F)(F)F.O=S(=O)([N-]S(=O)(=O)C(F)(C(F)(F)F)C(F)(F)F)C(F)(C(F)(F)F)C(F)(F)F.[Mg+2]. The molecule has 0 N–H and O–H groups in total. The number of halogens is 28. The normalized spacial score (nSPS) is 16.2. The van der Waals surface area contributed by atoms with Crippen LogP contribution in [0.1, 0.15) is 0 Å². The molecule has 55 heavy (non-hydrogen) atoms. The molecule has 0 bridgehead atoms. The third kappa shape index (κ3) is 9.55. The zero-order valence-corrected chi connectivity index (χ0v) is 27.8. The molecule has 0 aliphatic rings. The second kappa shape index (κ2) is 15.0. The zero-order valence-electron chi connectivity index (χ0n) is 23.1. The molecule has 0 aliphatic carbocycles. The van der Waals surface area contributed by atoms with Crippen molar-refractivity contribution in [3.05, 3.63) is 8.25 Å². The van der Waals surface area contributed by atoms with Gasteiger partial charge < -0.3 is 8.25 Å². The van der Waals surface area contributed by atoms with E-state index in [1.165, 1.54) is 0 Å². The molecule has 0 aliphatic heterocycles. The summed E-state index contributed by atoms with van der Waals surface area (Å²) < 4.78 is 431. The van der Waals surface area contributed by atoms with E-state index >= 15 is 0 Å². The third-order valence-electron chi connectivity index (χ3n) is 4.73. The summed E-state index contributed by atoms with van der Waals surface area (Å²) in [7, 11) is -34.1. The van der Waals surface area contributed by atoms with E-state index in [0.29, 0.717) is 0 Å². The topological polar surface area (TPSA) is 165 Å². The first-order chi connectivity index (χ1) is 22.4. The van der Waals surface area contributed by atoms with Gasteiger partial charge >= 0.3 is 92.5 Å². The summed E-state index contributed by atoms with van der Waals surface area (Å²) in [5.41, 5.74) is 0. The average Bonchev–Trinajstić information content (AvgIpc) is 2.79. The van der Waals surface area contributed by atoms with E-state index in [4.69, 9.17) is 0 Å². The fourth-order valence-corrected chi connectivity index (χ4v) is 8.33. The molecule has 43 heteroatoms. The van der Waals surface area contributed by atoms with Crippen molar-refractivity contribution in [2.75, 3.05) is 0 Å². The second-order valence-electron chi connectivity index (χ2n) is 8.41. The van der Waals surface area contributed by atoms with Gasteiger partial charge in [0.25, 0.3) is 0 Å². The number of rotatable bonds is 8. The average molecular weight is 985 g/mol. The Morgan fingerprint density at radius 3 is 0.345 bits per heavy atom. The van der Waals surface area contributed by atoms with Gasteiger partial charge in [-0.1, -0.05) is 0 Å². The van der Waals surface area contributed by atoms with Crippen molar-refractivity contribution in [1.82, 2.24) is 0 Å². The zero-order chi connectivity index (χ0) is 45.4. The van der Waals surface area contributed by atoms with E-state index in [0.717, 1.165) is 0 Å². The summed E-state index contributed by atoms with van der Waals surface area (Å²) in [5.74, 6) is 0. The third-order valence-corrected chi connectivity index (χ3v) is 12.6. The molecule has 0 amide bonds. The number of sulfonamides is 4. The maximum atomic E-state index is 13.2. The smallest absolute Gasteiger partial charge is 0.429 e. The first-order valence-electron chi connectivity index (χ1n) is 10.2. The fourth-order valence-electron chi connectivity index (χ4n) is 2.28. The van der Waals surface area contributed by atoms with Gasteiger partial charge in [-0.3, -0.25) is 0 Å². The van der Waals surface area contributed by atoms with Gasteiger partial charge in [0.15, 0.2) is 0 Å². The number of hydrogen-bond acceptors (Lipinski definition) is 8. The second-order valence-corrected chi connectivity index (χ2v) is 15.7. The molecular weight excluding hydrogens is 985 g/mol. The molecule has 0 saturated heterocycles. The standard InChI is InChI=1S/2C6F14NO4S2.Mg/c2*7-1(3(9,10)11,4(12,13)14)26(22,23)21-27(24,25)2(8,5(15,16)17)6(18,19)20;/q2*-1;+2. The number of nitrogens with zero attached hydrogens (tertiary/aromatic N) is 2. The summed E-state index contributed by atoms with van der Waals surface area (Å²) in [6, 6.07) is 0. The molecule has 0 aromatic carbocycles. The van der Waals surface area contributed by atoms with Crippen LogP contribution in [-0.4, -0.2) is 126 Å². The van der Waals surface area contributed by atoms with Gasteiger partial charge in [0.05, 0.1) is 0 Å². The molecular formula is C12F28MgN2O8S4. The summed E-state index contributed by atoms with van der Waals surface area (Å²) in [5, 5.41) is -31.1. The molecule has 0 spiro atoms. The molecule has 0 heterocycles. The van der Waals surface area contributed by atoms with Crippen LogP contribution in [0.5, 0.6) is 0 Å². The van der Waals surface area contributed by atoms with E-state index in [-0.39, 0.29) is 31.3 Å². The molecule has 0 aromatic rings. The van der Waals surface area contributed by atoms with Crippen molar-refractivity contribution >= 4 is 63.1 Å². The van der Waals surface area contributed by atoms with Crippen LogP contribution in [0.25, 0.3) is 8.25 Å². The quantitative estimate of drug-likeness (QED) is 0.189. The maximum Gasteiger partial charge on any atom is 2.00 e. The van der Waals surface area contributed by atoms with Crippen molar-refractivity contribution in [2.45, 2.75) is 69.4 Å². The first-order valence-corrected chi connectivity index (χ1v) is 15.9. The van der Waals surface area contributed by atoms with Gasteiger partial charge in [-0.05, 0) is 0 Å². The van der Waals surface area contributed by atoms with Gasteiger partial charge in [0.1, 0.15) is 40.1 Å². The van der Waals surface area contributed by atoms with Crippen LogP contribution in [0.3, 0.4) is 0 Å². The van der Waals surface area contributed by atoms with Crippen molar-refractivity contribution in [3.8, 4) is 0 Å². The van der Waals surface area contributed by atoms with E-state index in [9.17, 15) is 157 Å². The number of hydrogen-bond donors (Lipinski definition) is 0. The van der Waals surface area contributed by atoms with Gasteiger partial charge in [0.2, 0.25) is 0 Å². The predicted molar refractivity (Wildman–Crippen MR) is 112 cm³/mol. The van der Waals surface area contributed by atoms with E-state index in [1.807, 2.05) is 0 Å². The van der Waals surface area contributed by atoms with Gasteiger partial charge in [-0.2, -0.15) is 105 Å². The molecule has 328 valence electrons. The van der Waals surface area contributed by atoms with Gasteiger partial charge in [-0.15, -0.1) is 0 Å². The molecule has 0 radical (unpaired) electrons. The summed E-state index contributed by atoms with van der Waals surface area (Å²) >= 11 is 0. The van der Waals surface area contributed by atoms with E-state index in [2.05, 4.69) is 0 Å². The Balaban J connectivity index is -0.000000966. The monoisotopic (exact) mass is 984 g/mol. The van der Waals surface area contributed by atoms with E-state index in [1.54, 1.807) is 0 Å². The minimum Gasteiger partial charge on any atom is -0.429 e. The van der Waals surface area contributed by atoms with Crippen LogP contribution in [0.2, 0.25) is 0 Å². The summed E-state index contributed by atoms with van der Waals surface area (Å²) in [6.07, 6.45) is -61.6. The molecule has 10 nitrogen and oxygen atoms in total. The van der Waals surface area contributed by atoms with Crippen molar-refractivity contribution in [2.24, 2.45) is 0 Å². The van der Waals surface area contributed by atoms with Crippen LogP contribution < -0.4 is 0 Å². The first kappa shape index (κ1) is 57.8. The van der Waals surface area contributed by atoms with Crippen LogP contribution in [0.4, 0.5) is 123 Å². The minimum absolute atomic E-state index is 0. The Labute approximate surface area is 297 Å². The summed E-state index contributed by atoms with van der Waals surface area (Å²) in [6.45, 7) is 0. The van der Waals surface area contributed by atoms with Crippen molar-refractivity contribution < 1.29 is 157 Å². The Bertz CT molecular complexity index is 1490. The molecule has 0 atom stereocenters. The minimum atomic E-state index is -8.52. The summed E-state index contributed by atoms with van der Waals surface area (Å²) in [4.78, 5) is 0. The predicted octanol–water partition coefficient (Wildman–Crippen LogP) is 6.82. The maximum absolute atomic E-state index is 13.2. The van der Waals surface area contributed by atoms with Crippen molar-refractivity contribution in [3.63, 3.8) is 0 Å². The van der Waals surface area contributed by atoms with Crippen LogP contribution in [0.15, 0.2) is 0 Å². The Hall–Kier alpha value is -1.47. The molecule has 0 rings (SSSR count). The molecule has 0 fully saturated rings.